The Morgan fingerprint density at radius 3 is 2.94 bits per heavy atom. The van der Waals surface area contributed by atoms with E-state index in [0.29, 0.717) is 0 Å². The number of rotatable bonds is 7. The summed E-state index contributed by atoms with van der Waals surface area (Å²) in [6.07, 6.45) is 9.96. The molecule has 1 rings (SSSR count). The topological polar surface area (TPSA) is 34.0 Å². The van der Waals surface area contributed by atoms with Crippen LogP contribution in [0.4, 0.5) is 0 Å². The molecule has 0 unspecified atom stereocenters. The molecule has 1 aromatic rings. The average molecular weight is 218 g/mol. The zero-order valence-electron chi connectivity index (χ0n) is 9.48. The summed E-state index contributed by atoms with van der Waals surface area (Å²) in [6.45, 7) is 2.50. The third-order valence-electron chi connectivity index (χ3n) is 2.35. The lowest BCUT2D eigenvalue weighted by Gasteiger charge is -2.06. The largest absolute Gasteiger partial charge is 0.315 e. The van der Waals surface area contributed by atoms with Crippen LogP contribution in [0.2, 0.25) is 0 Å². The van der Waals surface area contributed by atoms with Crippen molar-refractivity contribution in [3.8, 4) is 12.3 Å². The molecule has 0 saturated carbocycles. The second-order valence-electron chi connectivity index (χ2n) is 3.64. The van der Waals surface area contributed by atoms with Crippen molar-refractivity contribution in [2.45, 2.75) is 25.8 Å². The zero-order chi connectivity index (χ0) is 11.6. The van der Waals surface area contributed by atoms with E-state index in [2.05, 4.69) is 11.2 Å². The fourth-order valence-electron chi connectivity index (χ4n) is 1.45. The van der Waals surface area contributed by atoms with E-state index in [9.17, 15) is 4.79 Å². The molecular weight excluding hydrogens is 200 g/mol. The van der Waals surface area contributed by atoms with Crippen LogP contribution in [0.5, 0.6) is 0 Å². The molecule has 16 heavy (non-hydrogen) atoms. The average Bonchev–Trinajstić information content (AvgIpc) is 2.30. The van der Waals surface area contributed by atoms with Crippen LogP contribution in [0, 0.1) is 12.3 Å². The van der Waals surface area contributed by atoms with Crippen LogP contribution in [-0.2, 0) is 6.54 Å². The van der Waals surface area contributed by atoms with Crippen molar-refractivity contribution < 1.29 is 0 Å². The van der Waals surface area contributed by atoms with Crippen LogP contribution in [0.1, 0.15) is 19.3 Å². The van der Waals surface area contributed by atoms with Gasteiger partial charge >= 0.3 is 0 Å². The van der Waals surface area contributed by atoms with Gasteiger partial charge < -0.3 is 9.88 Å². The minimum absolute atomic E-state index is 0.0524. The molecule has 86 valence electrons. The summed E-state index contributed by atoms with van der Waals surface area (Å²) in [5.41, 5.74) is 0.0524. The lowest BCUT2D eigenvalue weighted by molar-refractivity contribution is 0.566. The van der Waals surface area contributed by atoms with Crippen molar-refractivity contribution in [1.82, 2.24) is 9.88 Å². The molecule has 0 saturated heterocycles. The first-order chi connectivity index (χ1) is 7.84. The predicted molar refractivity (Wildman–Crippen MR) is 66.3 cm³/mol. The molecule has 3 heteroatoms. The van der Waals surface area contributed by atoms with Gasteiger partial charge in [-0.1, -0.05) is 6.07 Å². The molecule has 0 aromatic carbocycles. The number of hydrogen-bond donors (Lipinski definition) is 1. The minimum Gasteiger partial charge on any atom is -0.315 e. The highest BCUT2D eigenvalue weighted by Gasteiger charge is 1.93. The lowest BCUT2D eigenvalue weighted by atomic mass is 10.2. The molecule has 1 aromatic heterocycles. The van der Waals surface area contributed by atoms with E-state index in [1.54, 1.807) is 16.7 Å². The Hall–Kier alpha value is -1.53. The number of nitrogens with zero attached hydrogens (tertiary/aromatic N) is 1. The Morgan fingerprint density at radius 2 is 2.19 bits per heavy atom. The molecule has 0 bridgehead atoms. The summed E-state index contributed by atoms with van der Waals surface area (Å²) in [6, 6.07) is 5.20. The van der Waals surface area contributed by atoms with Gasteiger partial charge in [0.2, 0.25) is 0 Å². The van der Waals surface area contributed by atoms with Crippen LogP contribution in [0.3, 0.4) is 0 Å². The molecular formula is C13H18N2O. The van der Waals surface area contributed by atoms with Gasteiger partial charge in [-0.15, -0.1) is 12.3 Å². The third kappa shape index (κ3) is 4.81. The van der Waals surface area contributed by atoms with Crippen LogP contribution < -0.4 is 10.9 Å². The van der Waals surface area contributed by atoms with Gasteiger partial charge in [0.05, 0.1) is 0 Å². The van der Waals surface area contributed by atoms with Gasteiger partial charge in [0.15, 0.2) is 0 Å². The fourth-order valence-corrected chi connectivity index (χ4v) is 1.45. The molecule has 0 amide bonds. The van der Waals surface area contributed by atoms with Crippen molar-refractivity contribution in [3.63, 3.8) is 0 Å². The van der Waals surface area contributed by atoms with Crippen LogP contribution >= 0.6 is 0 Å². The summed E-state index contributed by atoms with van der Waals surface area (Å²) in [5, 5.41) is 3.29. The smallest absolute Gasteiger partial charge is 0.250 e. The highest BCUT2D eigenvalue weighted by atomic mass is 16.1. The molecule has 1 N–H and O–H groups in total. The molecule has 0 aliphatic carbocycles. The molecule has 0 spiro atoms. The summed E-state index contributed by atoms with van der Waals surface area (Å²) < 4.78 is 1.70. The number of unbranched alkanes of at least 4 members (excludes halogenated alkanes) is 2. The first-order valence-electron chi connectivity index (χ1n) is 5.64. The van der Waals surface area contributed by atoms with Gasteiger partial charge in [-0.25, -0.2) is 0 Å². The maximum Gasteiger partial charge on any atom is 0.250 e. The minimum atomic E-state index is 0.0524. The monoisotopic (exact) mass is 218 g/mol. The maximum absolute atomic E-state index is 11.3. The van der Waals surface area contributed by atoms with Gasteiger partial charge in [-0.3, -0.25) is 4.79 Å². The van der Waals surface area contributed by atoms with Gasteiger partial charge in [-0.2, -0.15) is 0 Å². The Labute approximate surface area is 96.5 Å². The van der Waals surface area contributed by atoms with Crippen LogP contribution in [0.25, 0.3) is 0 Å². The normalized spacial score (nSPS) is 9.94. The molecule has 0 aliphatic heterocycles. The van der Waals surface area contributed by atoms with Crippen molar-refractivity contribution in [1.29, 1.82) is 0 Å². The van der Waals surface area contributed by atoms with Gasteiger partial charge in [-0.05, 0) is 25.5 Å². The number of terminal acetylenes is 1. The molecule has 3 nitrogen and oxygen atoms in total. The van der Waals surface area contributed by atoms with Gasteiger partial charge in [0.25, 0.3) is 5.56 Å². The first-order valence-corrected chi connectivity index (χ1v) is 5.64. The summed E-state index contributed by atoms with van der Waals surface area (Å²) in [5.74, 6) is 2.62. The standard InChI is InChI=1S/C13H18N2O/c1-2-3-4-6-9-14-10-12-15-11-7-5-8-13(15)16/h1,5,7-8,11,14H,3-4,6,9-10,12H2. The van der Waals surface area contributed by atoms with Crippen molar-refractivity contribution in [2.24, 2.45) is 0 Å². The third-order valence-corrected chi connectivity index (χ3v) is 2.35. The van der Waals surface area contributed by atoms with Crippen molar-refractivity contribution in [3.05, 3.63) is 34.7 Å². The van der Waals surface area contributed by atoms with E-state index in [1.165, 1.54) is 0 Å². The van der Waals surface area contributed by atoms with E-state index in [1.807, 2.05) is 12.3 Å². The number of pyridine rings is 1. The number of nitrogens with one attached hydrogen (secondary N) is 1. The molecule has 0 fully saturated rings. The summed E-state index contributed by atoms with van der Waals surface area (Å²) in [4.78, 5) is 11.3. The van der Waals surface area contributed by atoms with E-state index < -0.39 is 0 Å². The van der Waals surface area contributed by atoms with Crippen LogP contribution in [-0.4, -0.2) is 17.7 Å². The molecule has 0 radical (unpaired) electrons. The predicted octanol–water partition coefficient (Wildman–Crippen LogP) is 1.24. The Kier molecular flexibility index (Phi) is 6.05. The fraction of sp³-hybridized carbons (Fsp3) is 0.462. The quantitative estimate of drug-likeness (QED) is 0.552. The van der Waals surface area contributed by atoms with Crippen molar-refractivity contribution >= 4 is 0 Å². The highest BCUT2D eigenvalue weighted by molar-refractivity contribution is 4.93. The molecule has 0 aliphatic rings. The molecule has 1 heterocycles. The lowest BCUT2D eigenvalue weighted by Crippen LogP contribution is -2.26. The van der Waals surface area contributed by atoms with Crippen molar-refractivity contribution in [2.75, 3.05) is 13.1 Å². The Bertz CT molecular complexity index is 389. The maximum atomic E-state index is 11.3. The number of hydrogen-bond acceptors (Lipinski definition) is 2. The van der Waals surface area contributed by atoms with E-state index in [0.717, 1.165) is 38.9 Å². The second-order valence-corrected chi connectivity index (χ2v) is 3.64. The van der Waals surface area contributed by atoms with Gasteiger partial charge in [0, 0.05) is 31.8 Å². The summed E-state index contributed by atoms with van der Waals surface area (Å²) >= 11 is 0. The summed E-state index contributed by atoms with van der Waals surface area (Å²) in [7, 11) is 0. The second kappa shape index (κ2) is 7.72. The SMILES string of the molecule is C#CCCCCNCCn1ccccc1=O. The Balaban J connectivity index is 2.10. The van der Waals surface area contributed by atoms with E-state index in [4.69, 9.17) is 6.42 Å². The van der Waals surface area contributed by atoms with E-state index in [-0.39, 0.29) is 5.56 Å². The highest BCUT2D eigenvalue weighted by Crippen LogP contribution is 1.91. The Morgan fingerprint density at radius 1 is 1.31 bits per heavy atom. The van der Waals surface area contributed by atoms with Crippen LogP contribution in [0.15, 0.2) is 29.2 Å². The number of aromatic nitrogens is 1. The zero-order valence-corrected chi connectivity index (χ0v) is 9.48. The first kappa shape index (κ1) is 12.5. The van der Waals surface area contributed by atoms with Gasteiger partial charge in [0.1, 0.15) is 0 Å². The molecule has 0 atom stereocenters. The van der Waals surface area contributed by atoms with E-state index >= 15 is 0 Å².